The van der Waals surface area contributed by atoms with Gasteiger partial charge in [-0.05, 0) is 44.7 Å². The maximum atomic E-state index is 11.7. The van der Waals surface area contributed by atoms with E-state index in [0.717, 1.165) is 37.2 Å². The van der Waals surface area contributed by atoms with Crippen molar-refractivity contribution in [1.29, 1.82) is 0 Å². The van der Waals surface area contributed by atoms with Gasteiger partial charge in [0.05, 0.1) is 12.7 Å². The Morgan fingerprint density at radius 3 is 3.00 bits per heavy atom. The van der Waals surface area contributed by atoms with Crippen LogP contribution in [0.25, 0.3) is 0 Å². The second-order valence-electron chi connectivity index (χ2n) is 5.66. The number of carbonyl (C=O) groups is 1. The number of nitrogens with one attached hydrogen (secondary N) is 1. The van der Waals surface area contributed by atoms with E-state index in [1.165, 1.54) is 5.56 Å². The molecule has 1 aliphatic heterocycles. The summed E-state index contributed by atoms with van der Waals surface area (Å²) in [5.41, 5.74) is 2.37. The van der Waals surface area contributed by atoms with E-state index in [9.17, 15) is 4.79 Å². The molecule has 21 heavy (non-hydrogen) atoms. The molecule has 1 heterocycles. The molecule has 0 saturated carbocycles. The van der Waals surface area contributed by atoms with Crippen LogP contribution in [0.2, 0.25) is 0 Å². The molecule has 0 bridgehead atoms. The maximum Gasteiger partial charge on any atom is 0.220 e. The monoisotopic (exact) mass is 291 g/mol. The van der Waals surface area contributed by atoms with Gasteiger partial charge in [-0.1, -0.05) is 17.7 Å². The van der Waals surface area contributed by atoms with E-state index < -0.39 is 0 Å². The topological polar surface area (TPSA) is 47.6 Å². The number of amides is 1. The molecule has 2 rings (SSSR count). The molecule has 1 N–H and O–H groups in total. The minimum Gasteiger partial charge on any atom is -0.493 e. The largest absolute Gasteiger partial charge is 0.493 e. The van der Waals surface area contributed by atoms with Crippen molar-refractivity contribution in [2.24, 2.45) is 0 Å². The first-order valence-electron chi connectivity index (χ1n) is 7.73. The van der Waals surface area contributed by atoms with Crippen LogP contribution in [0, 0.1) is 13.8 Å². The highest BCUT2D eigenvalue weighted by atomic mass is 16.5. The van der Waals surface area contributed by atoms with E-state index in [2.05, 4.69) is 18.3 Å². The summed E-state index contributed by atoms with van der Waals surface area (Å²) in [4.78, 5) is 11.7. The van der Waals surface area contributed by atoms with Gasteiger partial charge < -0.3 is 14.8 Å². The van der Waals surface area contributed by atoms with Gasteiger partial charge in [-0.2, -0.15) is 0 Å². The molecule has 1 atom stereocenters. The number of rotatable bonds is 7. The Bertz CT molecular complexity index is 467. The Hall–Kier alpha value is -1.55. The van der Waals surface area contributed by atoms with Gasteiger partial charge in [0.2, 0.25) is 5.91 Å². The molecular weight excluding hydrogens is 266 g/mol. The lowest BCUT2D eigenvalue weighted by atomic mass is 10.1. The Morgan fingerprint density at radius 2 is 2.29 bits per heavy atom. The smallest absolute Gasteiger partial charge is 0.220 e. The molecule has 1 amide bonds. The molecule has 0 spiro atoms. The SMILES string of the molecule is Cc1ccc(OCCCC(=O)NCC2CCCO2)c(C)c1. The summed E-state index contributed by atoms with van der Waals surface area (Å²) in [6.45, 7) is 6.13. The van der Waals surface area contributed by atoms with Gasteiger partial charge in [-0.3, -0.25) is 4.79 Å². The molecule has 1 aliphatic rings. The van der Waals surface area contributed by atoms with Crippen LogP contribution in [-0.4, -0.2) is 31.8 Å². The highest BCUT2D eigenvalue weighted by Gasteiger charge is 2.15. The summed E-state index contributed by atoms with van der Waals surface area (Å²) >= 11 is 0. The third-order valence-electron chi connectivity index (χ3n) is 3.69. The van der Waals surface area contributed by atoms with Crippen LogP contribution in [0.1, 0.15) is 36.8 Å². The fourth-order valence-corrected chi connectivity index (χ4v) is 2.50. The molecule has 1 unspecified atom stereocenters. The van der Waals surface area contributed by atoms with E-state index in [0.29, 0.717) is 19.6 Å². The molecule has 0 aliphatic carbocycles. The molecule has 1 aromatic carbocycles. The summed E-state index contributed by atoms with van der Waals surface area (Å²) in [5, 5.41) is 2.92. The Kier molecular flexibility index (Phi) is 6.05. The number of hydrogen-bond acceptors (Lipinski definition) is 3. The zero-order chi connectivity index (χ0) is 15.1. The lowest BCUT2D eigenvalue weighted by Gasteiger charge is -2.11. The summed E-state index contributed by atoms with van der Waals surface area (Å²) in [7, 11) is 0. The Balaban J connectivity index is 1.59. The van der Waals surface area contributed by atoms with E-state index in [1.807, 2.05) is 19.1 Å². The third-order valence-corrected chi connectivity index (χ3v) is 3.69. The summed E-state index contributed by atoms with van der Waals surface area (Å²) < 4.78 is 11.2. The molecule has 116 valence electrons. The number of ether oxygens (including phenoxy) is 2. The average molecular weight is 291 g/mol. The van der Waals surface area contributed by atoms with Gasteiger partial charge in [0.1, 0.15) is 5.75 Å². The van der Waals surface area contributed by atoms with Crippen LogP contribution in [0.4, 0.5) is 0 Å². The van der Waals surface area contributed by atoms with Crippen molar-refractivity contribution < 1.29 is 14.3 Å². The van der Waals surface area contributed by atoms with Crippen molar-refractivity contribution in [1.82, 2.24) is 5.32 Å². The number of benzene rings is 1. The standard InChI is InChI=1S/C17H25NO3/c1-13-7-8-16(14(2)11-13)21-10-4-6-17(19)18-12-15-5-3-9-20-15/h7-8,11,15H,3-6,9-10,12H2,1-2H3,(H,18,19). The van der Waals surface area contributed by atoms with Gasteiger partial charge in [0.15, 0.2) is 0 Å². The Labute approximate surface area is 126 Å². The van der Waals surface area contributed by atoms with Crippen molar-refractivity contribution in [3.05, 3.63) is 29.3 Å². The Morgan fingerprint density at radius 1 is 1.43 bits per heavy atom. The normalized spacial score (nSPS) is 17.7. The van der Waals surface area contributed by atoms with Gasteiger partial charge in [0.25, 0.3) is 0 Å². The van der Waals surface area contributed by atoms with Crippen LogP contribution in [0.3, 0.4) is 0 Å². The fourth-order valence-electron chi connectivity index (χ4n) is 2.50. The zero-order valence-electron chi connectivity index (χ0n) is 13.0. The van der Waals surface area contributed by atoms with E-state index in [-0.39, 0.29) is 12.0 Å². The second kappa shape index (κ2) is 8.03. The van der Waals surface area contributed by atoms with Gasteiger partial charge in [-0.15, -0.1) is 0 Å². The molecule has 1 fully saturated rings. The number of hydrogen-bond donors (Lipinski definition) is 1. The first-order valence-corrected chi connectivity index (χ1v) is 7.73. The molecule has 1 aromatic rings. The minimum atomic E-state index is 0.0785. The van der Waals surface area contributed by atoms with Crippen molar-refractivity contribution in [2.45, 2.75) is 45.6 Å². The van der Waals surface area contributed by atoms with Crippen molar-refractivity contribution in [3.63, 3.8) is 0 Å². The number of carbonyl (C=O) groups excluding carboxylic acids is 1. The van der Waals surface area contributed by atoms with E-state index >= 15 is 0 Å². The third kappa shape index (κ3) is 5.38. The predicted molar refractivity (Wildman–Crippen MR) is 82.6 cm³/mol. The van der Waals surface area contributed by atoms with Crippen LogP contribution in [0.15, 0.2) is 18.2 Å². The highest BCUT2D eigenvalue weighted by molar-refractivity contribution is 5.75. The van der Waals surface area contributed by atoms with Gasteiger partial charge >= 0.3 is 0 Å². The van der Waals surface area contributed by atoms with Crippen molar-refractivity contribution >= 4 is 5.91 Å². The first kappa shape index (κ1) is 15.8. The second-order valence-corrected chi connectivity index (χ2v) is 5.66. The molecule has 4 nitrogen and oxygen atoms in total. The maximum absolute atomic E-state index is 11.7. The van der Waals surface area contributed by atoms with Gasteiger partial charge in [-0.25, -0.2) is 0 Å². The highest BCUT2D eigenvalue weighted by Crippen LogP contribution is 2.18. The lowest BCUT2D eigenvalue weighted by molar-refractivity contribution is -0.121. The zero-order valence-corrected chi connectivity index (χ0v) is 13.0. The molecular formula is C17H25NO3. The number of aryl methyl sites for hydroxylation is 2. The van der Waals surface area contributed by atoms with E-state index in [1.54, 1.807) is 0 Å². The quantitative estimate of drug-likeness (QED) is 0.786. The van der Waals surface area contributed by atoms with Crippen molar-refractivity contribution in [3.8, 4) is 5.75 Å². The molecule has 1 saturated heterocycles. The van der Waals surface area contributed by atoms with Crippen LogP contribution < -0.4 is 10.1 Å². The lowest BCUT2D eigenvalue weighted by Crippen LogP contribution is -2.31. The molecule has 4 heteroatoms. The fraction of sp³-hybridized carbons (Fsp3) is 0.588. The van der Waals surface area contributed by atoms with Gasteiger partial charge in [0, 0.05) is 19.6 Å². The summed E-state index contributed by atoms with van der Waals surface area (Å²) in [5.74, 6) is 0.982. The minimum absolute atomic E-state index is 0.0785. The van der Waals surface area contributed by atoms with E-state index in [4.69, 9.17) is 9.47 Å². The van der Waals surface area contributed by atoms with Crippen LogP contribution in [0.5, 0.6) is 5.75 Å². The van der Waals surface area contributed by atoms with Crippen LogP contribution >= 0.6 is 0 Å². The average Bonchev–Trinajstić information content (AvgIpc) is 2.96. The molecule has 0 aromatic heterocycles. The van der Waals surface area contributed by atoms with Crippen molar-refractivity contribution in [2.75, 3.05) is 19.8 Å². The first-order chi connectivity index (χ1) is 10.1. The van der Waals surface area contributed by atoms with Crippen LogP contribution in [-0.2, 0) is 9.53 Å². The predicted octanol–water partition coefficient (Wildman–Crippen LogP) is 2.76. The summed E-state index contributed by atoms with van der Waals surface area (Å²) in [6, 6.07) is 6.13. The molecule has 0 radical (unpaired) electrons. The summed E-state index contributed by atoms with van der Waals surface area (Å²) in [6.07, 6.45) is 3.59.